The standard InChI is InChI=1S/C8H10O3.2C4H6O3/c1-11-8-4-6(5-9)2-3-7(8)10;2*1-3(5)2-4(6)7/h2-4,9-10H,5H2,1H3;2*2H2,1H3,(H,6,7). The van der Waals surface area contributed by atoms with Crippen molar-refractivity contribution in [2.24, 2.45) is 0 Å². The number of benzene rings is 1. The smallest absolute Gasteiger partial charge is 0.310 e. The number of aliphatic hydroxyl groups excluding tert-OH is 1. The lowest BCUT2D eigenvalue weighted by Crippen LogP contribution is -2.00. The van der Waals surface area contributed by atoms with Crippen molar-refractivity contribution in [3.8, 4) is 11.5 Å². The molecule has 1 rings (SSSR count). The zero-order valence-corrected chi connectivity index (χ0v) is 14.2. The Hall–Kier alpha value is -2.94. The van der Waals surface area contributed by atoms with Crippen molar-refractivity contribution in [1.29, 1.82) is 0 Å². The van der Waals surface area contributed by atoms with Gasteiger partial charge < -0.3 is 25.2 Å². The van der Waals surface area contributed by atoms with Gasteiger partial charge in [0.1, 0.15) is 24.4 Å². The summed E-state index contributed by atoms with van der Waals surface area (Å²) in [6.45, 7) is 2.44. The summed E-state index contributed by atoms with van der Waals surface area (Å²) in [7, 11) is 1.47. The van der Waals surface area contributed by atoms with E-state index in [2.05, 4.69) is 0 Å². The molecule has 0 aromatic heterocycles. The summed E-state index contributed by atoms with van der Waals surface area (Å²) in [5.41, 5.74) is 0.722. The summed E-state index contributed by atoms with van der Waals surface area (Å²) in [5, 5.41) is 33.6. The number of hydrogen-bond donors (Lipinski definition) is 4. The van der Waals surface area contributed by atoms with Crippen molar-refractivity contribution in [3.05, 3.63) is 23.8 Å². The van der Waals surface area contributed by atoms with Gasteiger partial charge in [-0.25, -0.2) is 0 Å². The molecule has 0 radical (unpaired) electrons. The Bertz CT molecular complexity index is 543. The predicted molar refractivity (Wildman–Crippen MR) is 86.4 cm³/mol. The van der Waals surface area contributed by atoms with Gasteiger partial charge in [-0.2, -0.15) is 0 Å². The maximum Gasteiger partial charge on any atom is 0.310 e. The number of ether oxygens (including phenoxy) is 1. The number of hydrogen-bond acceptors (Lipinski definition) is 7. The fraction of sp³-hybridized carbons (Fsp3) is 0.375. The predicted octanol–water partition coefficient (Wildman–Crippen LogP) is 0.993. The molecule has 0 saturated heterocycles. The summed E-state index contributed by atoms with van der Waals surface area (Å²) in [6.07, 6.45) is -0.722. The first-order valence-electron chi connectivity index (χ1n) is 6.92. The van der Waals surface area contributed by atoms with E-state index in [-0.39, 0.29) is 36.8 Å². The normalized spacial score (nSPS) is 8.80. The van der Waals surface area contributed by atoms with Gasteiger partial charge in [-0.1, -0.05) is 6.07 Å². The van der Waals surface area contributed by atoms with E-state index in [4.69, 9.17) is 25.2 Å². The number of carbonyl (C=O) groups is 4. The van der Waals surface area contributed by atoms with Crippen LogP contribution in [-0.4, -0.2) is 51.0 Å². The summed E-state index contributed by atoms with van der Waals surface area (Å²) >= 11 is 0. The number of aliphatic hydroxyl groups is 1. The zero-order chi connectivity index (χ0) is 20.0. The molecule has 1 aromatic rings. The molecular formula is C16H22O9. The van der Waals surface area contributed by atoms with Crippen molar-refractivity contribution in [3.63, 3.8) is 0 Å². The molecule has 0 bridgehead atoms. The molecule has 0 saturated carbocycles. The van der Waals surface area contributed by atoms with E-state index < -0.39 is 11.9 Å². The number of aromatic hydroxyl groups is 1. The molecule has 0 heterocycles. The fourth-order valence-electron chi connectivity index (χ4n) is 1.25. The lowest BCUT2D eigenvalue weighted by molar-refractivity contribution is -0.141. The number of ketones is 2. The topological polar surface area (TPSA) is 158 Å². The molecule has 0 fully saturated rings. The number of phenolic OH excluding ortho intramolecular Hbond substituents is 1. The Morgan fingerprint density at radius 3 is 1.64 bits per heavy atom. The second-order valence-electron chi connectivity index (χ2n) is 4.71. The van der Waals surface area contributed by atoms with E-state index in [1.807, 2.05) is 0 Å². The van der Waals surface area contributed by atoms with Crippen LogP contribution in [0.4, 0.5) is 0 Å². The molecule has 25 heavy (non-hydrogen) atoms. The summed E-state index contributed by atoms with van der Waals surface area (Å²) in [6, 6.07) is 4.72. The van der Waals surface area contributed by atoms with Crippen LogP contribution in [0.25, 0.3) is 0 Å². The average Bonchev–Trinajstić information content (AvgIpc) is 2.46. The van der Waals surface area contributed by atoms with E-state index in [1.165, 1.54) is 27.0 Å². The first-order valence-corrected chi connectivity index (χ1v) is 6.92. The molecule has 0 unspecified atom stereocenters. The van der Waals surface area contributed by atoms with E-state index in [0.29, 0.717) is 5.75 Å². The number of rotatable bonds is 6. The number of carboxylic acids is 2. The third kappa shape index (κ3) is 15.7. The maximum atomic E-state index is 9.87. The lowest BCUT2D eigenvalue weighted by atomic mass is 10.2. The molecule has 140 valence electrons. The SMILES string of the molecule is CC(=O)CC(=O)O.CC(=O)CC(=O)O.COc1cc(CO)ccc1O. The minimum Gasteiger partial charge on any atom is -0.504 e. The monoisotopic (exact) mass is 358 g/mol. The molecule has 0 amide bonds. The van der Waals surface area contributed by atoms with Crippen LogP contribution in [0.15, 0.2) is 18.2 Å². The number of methoxy groups -OCH3 is 1. The molecule has 0 aliphatic carbocycles. The Morgan fingerprint density at radius 2 is 1.40 bits per heavy atom. The lowest BCUT2D eigenvalue weighted by Gasteiger charge is -2.03. The second kappa shape index (κ2) is 13.5. The second-order valence-corrected chi connectivity index (χ2v) is 4.71. The van der Waals surface area contributed by atoms with Crippen molar-refractivity contribution in [1.82, 2.24) is 0 Å². The van der Waals surface area contributed by atoms with E-state index in [1.54, 1.807) is 12.1 Å². The molecule has 0 atom stereocenters. The van der Waals surface area contributed by atoms with Crippen LogP contribution in [0.3, 0.4) is 0 Å². The minimum atomic E-state index is -1.06. The average molecular weight is 358 g/mol. The third-order valence-corrected chi connectivity index (χ3v) is 2.23. The van der Waals surface area contributed by atoms with Gasteiger partial charge in [0.05, 0.1) is 13.7 Å². The molecule has 4 N–H and O–H groups in total. The van der Waals surface area contributed by atoms with Gasteiger partial charge in [-0.3, -0.25) is 19.2 Å². The fourth-order valence-corrected chi connectivity index (χ4v) is 1.25. The minimum absolute atomic E-state index is 0.0450. The summed E-state index contributed by atoms with van der Waals surface area (Å²) < 4.78 is 4.83. The number of carboxylic acid groups (broad SMARTS) is 2. The highest BCUT2D eigenvalue weighted by Gasteiger charge is 2.00. The van der Waals surface area contributed by atoms with Gasteiger partial charge >= 0.3 is 11.9 Å². The van der Waals surface area contributed by atoms with Gasteiger partial charge in [0.15, 0.2) is 11.5 Å². The Morgan fingerprint density at radius 1 is 0.960 bits per heavy atom. The van der Waals surface area contributed by atoms with Crippen molar-refractivity contribution in [2.45, 2.75) is 33.3 Å². The van der Waals surface area contributed by atoms with Crippen LogP contribution >= 0.6 is 0 Å². The Kier molecular flexibility index (Phi) is 13.1. The Balaban J connectivity index is 0. The quantitative estimate of drug-likeness (QED) is 0.544. The van der Waals surface area contributed by atoms with Gasteiger partial charge in [-0.15, -0.1) is 0 Å². The van der Waals surface area contributed by atoms with Crippen LogP contribution in [0, 0.1) is 0 Å². The van der Waals surface area contributed by atoms with Crippen LogP contribution in [-0.2, 0) is 25.8 Å². The summed E-state index contributed by atoms with van der Waals surface area (Å²) in [5.74, 6) is -2.28. The van der Waals surface area contributed by atoms with E-state index in [9.17, 15) is 19.2 Å². The van der Waals surface area contributed by atoms with Crippen molar-refractivity contribution < 1.29 is 44.3 Å². The Labute approximate surface area is 144 Å². The number of aliphatic carboxylic acids is 2. The first kappa shape index (κ1) is 24.3. The molecule has 9 heteroatoms. The molecule has 1 aromatic carbocycles. The van der Waals surface area contributed by atoms with Gasteiger partial charge in [-0.05, 0) is 31.5 Å². The summed E-state index contributed by atoms with van der Waals surface area (Å²) in [4.78, 5) is 38.9. The van der Waals surface area contributed by atoms with Crippen LogP contribution in [0.1, 0.15) is 32.3 Å². The number of Topliss-reactive ketones (excluding diaryl/α,β-unsaturated/α-hetero) is 2. The molecule has 0 aliphatic rings. The highest BCUT2D eigenvalue weighted by atomic mass is 16.5. The molecular weight excluding hydrogens is 336 g/mol. The van der Waals surface area contributed by atoms with E-state index in [0.717, 1.165) is 5.56 Å². The third-order valence-electron chi connectivity index (χ3n) is 2.23. The maximum absolute atomic E-state index is 9.87. The highest BCUT2D eigenvalue weighted by Crippen LogP contribution is 2.25. The van der Waals surface area contributed by atoms with Crippen molar-refractivity contribution in [2.75, 3.05) is 7.11 Å². The molecule has 9 nitrogen and oxygen atoms in total. The molecule has 0 aliphatic heterocycles. The largest absolute Gasteiger partial charge is 0.504 e. The molecule has 0 spiro atoms. The van der Waals surface area contributed by atoms with Crippen LogP contribution in [0.5, 0.6) is 11.5 Å². The van der Waals surface area contributed by atoms with E-state index >= 15 is 0 Å². The number of carbonyl (C=O) groups excluding carboxylic acids is 2. The van der Waals surface area contributed by atoms with Gasteiger partial charge in [0.2, 0.25) is 0 Å². The van der Waals surface area contributed by atoms with Crippen LogP contribution in [0.2, 0.25) is 0 Å². The van der Waals surface area contributed by atoms with Gasteiger partial charge in [0.25, 0.3) is 0 Å². The number of phenols is 1. The zero-order valence-electron chi connectivity index (χ0n) is 14.2. The van der Waals surface area contributed by atoms with Gasteiger partial charge in [0, 0.05) is 0 Å². The highest BCUT2D eigenvalue weighted by molar-refractivity contribution is 5.93. The van der Waals surface area contributed by atoms with Crippen molar-refractivity contribution >= 4 is 23.5 Å². The van der Waals surface area contributed by atoms with Crippen LogP contribution < -0.4 is 4.74 Å². The first-order chi connectivity index (χ1) is 11.5.